The average Bonchev–Trinajstić information content (AvgIpc) is 2.26. The summed E-state index contributed by atoms with van der Waals surface area (Å²) in [6, 6.07) is 0. The summed E-state index contributed by atoms with van der Waals surface area (Å²) in [5, 5.41) is 9.96. The maximum atomic E-state index is 9.96. The minimum absolute atomic E-state index is 0.0899. The Bertz CT molecular complexity index is 141. The zero-order chi connectivity index (χ0) is 10.4. The number of ether oxygens (including phenoxy) is 1. The Morgan fingerprint density at radius 3 is 2.43 bits per heavy atom. The van der Waals surface area contributed by atoms with E-state index in [1.165, 1.54) is 32.1 Å². The van der Waals surface area contributed by atoms with Crippen molar-refractivity contribution in [2.45, 2.75) is 64.1 Å². The summed E-state index contributed by atoms with van der Waals surface area (Å²) in [5.74, 6) is 0.563. The highest BCUT2D eigenvalue weighted by Gasteiger charge is 2.21. The van der Waals surface area contributed by atoms with Crippen molar-refractivity contribution in [3.63, 3.8) is 0 Å². The van der Waals surface area contributed by atoms with Crippen LogP contribution in [0.4, 0.5) is 0 Å². The van der Waals surface area contributed by atoms with E-state index in [0.717, 1.165) is 12.8 Å². The van der Waals surface area contributed by atoms with Crippen LogP contribution in [0.25, 0.3) is 0 Å². The van der Waals surface area contributed by atoms with Gasteiger partial charge in [0, 0.05) is 7.11 Å². The molecule has 2 heteroatoms. The summed E-state index contributed by atoms with van der Waals surface area (Å²) >= 11 is 0. The predicted molar refractivity (Wildman–Crippen MR) is 58.3 cm³/mol. The maximum Gasteiger partial charge on any atom is 0.0569 e. The SMILES string of the molecule is COC(C)CCC(O)C1CCCCC1. The van der Waals surface area contributed by atoms with E-state index in [-0.39, 0.29) is 12.2 Å². The van der Waals surface area contributed by atoms with Crippen LogP contribution in [0.5, 0.6) is 0 Å². The second kappa shape index (κ2) is 6.41. The standard InChI is InChI=1S/C12H24O2/c1-10(14-2)8-9-12(13)11-6-4-3-5-7-11/h10-13H,3-9H2,1-2H3. The van der Waals surface area contributed by atoms with Crippen LogP contribution in [0, 0.1) is 5.92 Å². The topological polar surface area (TPSA) is 29.5 Å². The molecule has 14 heavy (non-hydrogen) atoms. The number of hydrogen-bond donors (Lipinski definition) is 1. The molecule has 1 fully saturated rings. The molecule has 1 aliphatic rings. The highest BCUT2D eigenvalue weighted by Crippen LogP contribution is 2.28. The molecule has 0 heterocycles. The molecule has 2 atom stereocenters. The first-order chi connectivity index (χ1) is 6.74. The van der Waals surface area contributed by atoms with Gasteiger partial charge in [-0.25, -0.2) is 0 Å². The van der Waals surface area contributed by atoms with Crippen LogP contribution in [-0.2, 0) is 4.74 Å². The van der Waals surface area contributed by atoms with E-state index in [9.17, 15) is 5.11 Å². The summed E-state index contributed by atoms with van der Waals surface area (Å²) in [7, 11) is 1.73. The third kappa shape index (κ3) is 3.97. The van der Waals surface area contributed by atoms with Gasteiger partial charge in [0.1, 0.15) is 0 Å². The van der Waals surface area contributed by atoms with Crippen LogP contribution in [0.2, 0.25) is 0 Å². The second-order valence-electron chi connectivity index (χ2n) is 4.59. The van der Waals surface area contributed by atoms with Gasteiger partial charge < -0.3 is 9.84 Å². The van der Waals surface area contributed by atoms with Gasteiger partial charge in [-0.2, -0.15) is 0 Å². The summed E-state index contributed by atoms with van der Waals surface area (Å²) < 4.78 is 5.18. The van der Waals surface area contributed by atoms with Crippen molar-refractivity contribution in [1.29, 1.82) is 0 Å². The van der Waals surface area contributed by atoms with Crippen molar-refractivity contribution in [2.24, 2.45) is 5.92 Å². The van der Waals surface area contributed by atoms with Crippen molar-refractivity contribution < 1.29 is 9.84 Å². The molecule has 0 saturated heterocycles. The Labute approximate surface area is 87.7 Å². The summed E-state index contributed by atoms with van der Waals surface area (Å²) in [4.78, 5) is 0. The molecule has 0 amide bonds. The van der Waals surface area contributed by atoms with Gasteiger partial charge in [-0.3, -0.25) is 0 Å². The van der Waals surface area contributed by atoms with Gasteiger partial charge in [0.05, 0.1) is 12.2 Å². The Hall–Kier alpha value is -0.0800. The molecule has 0 aliphatic heterocycles. The number of hydrogen-bond acceptors (Lipinski definition) is 2. The van der Waals surface area contributed by atoms with E-state index in [1.807, 2.05) is 0 Å². The molecule has 0 aromatic rings. The van der Waals surface area contributed by atoms with Crippen molar-refractivity contribution in [3.8, 4) is 0 Å². The molecule has 0 aromatic heterocycles. The first kappa shape index (κ1) is 12.0. The highest BCUT2D eigenvalue weighted by molar-refractivity contribution is 4.73. The van der Waals surface area contributed by atoms with Crippen LogP contribution in [0.15, 0.2) is 0 Å². The third-order valence-corrected chi connectivity index (χ3v) is 3.47. The van der Waals surface area contributed by atoms with E-state index in [1.54, 1.807) is 7.11 Å². The normalized spacial score (nSPS) is 23.4. The van der Waals surface area contributed by atoms with Crippen molar-refractivity contribution in [2.75, 3.05) is 7.11 Å². The Balaban J connectivity index is 2.16. The monoisotopic (exact) mass is 200 g/mol. The molecule has 2 nitrogen and oxygen atoms in total. The fourth-order valence-electron chi connectivity index (χ4n) is 2.28. The van der Waals surface area contributed by atoms with Gasteiger partial charge in [0.25, 0.3) is 0 Å². The summed E-state index contributed by atoms with van der Waals surface area (Å²) in [6.07, 6.45) is 8.50. The van der Waals surface area contributed by atoms with Gasteiger partial charge in [-0.05, 0) is 38.5 Å². The smallest absolute Gasteiger partial charge is 0.0569 e. The van der Waals surface area contributed by atoms with E-state index in [2.05, 4.69) is 6.92 Å². The van der Waals surface area contributed by atoms with E-state index in [0.29, 0.717) is 5.92 Å². The fraction of sp³-hybridized carbons (Fsp3) is 1.00. The fourth-order valence-corrected chi connectivity index (χ4v) is 2.28. The molecule has 0 spiro atoms. The van der Waals surface area contributed by atoms with Crippen LogP contribution >= 0.6 is 0 Å². The van der Waals surface area contributed by atoms with Gasteiger partial charge in [-0.1, -0.05) is 19.3 Å². The van der Waals surface area contributed by atoms with E-state index in [4.69, 9.17) is 4.74 Å². The summed E-state index contributed by atoms with van der Waals surface area (Å²) in [5.41, 5.74) is 0. The molecule has 1 N–H and O–H groups in total. The van der Waals surface area contributed by atoms with Crippen LogP contribution in [-0.4, -0.2) is 24.4 Å². The lowest BCUT2D eigenvalue weighted by atomic mass is 9.83. The summed E-state index contributed by atoms with van der Waals surface area (Å²) in [6.45, 7) is 2.06. The second-order valence-corrected chi connectivity index (χ2v) is 4.59. The molecule has 0 aromatic carbocycles. The van der Waals surface area contributed by atoms with Crippen LogP contribution in [0.1, 0.15) is 51.9 Å². The lowest BCUT2D eigenvalue weighted by Crippen LogP contribution is -2.24. The molecule has 1 saturated carbocycles. The lowest BCUT2D eigenvalue weighted by molar-refractivity contribution is 0.0489. The Morgan fingerprint density at radius 1 is 1.21 bits per heavy atom. The maximum absolute atomic E-state index is 9.96. The molecular formula is C12H24O2. The first-order valence-electron chi connectivity index (χ1n) is 5.95. The Kier molecular flexibility index (Phi) is 5.49. The van der Waals surface area contributed by atoms with Gasteiger partial charge >= 0.3 is 0 Å². The molecule has 1 rings (SSSR count). The molecule has 0 bridgehead atoms. The number of aliphatic hydroxyl groups is 1. The highest BCUT2D eigenvalue weighted by atomic mass is 16.5. The van der Waals surface area contributed by atoms with Gasteiger partial charge in [0.15, 0.2) is 0 Å². The largest absolute Gasteiger partial charge is 0.393 e. The van der Waals surface area contributed by atoms with Crippen LogP contribution in [0.3, 0.4) is 0 Å². The van der Waals surface area contributed by atoms with E-state index >= 15 is 0 Å². The minimum Gasteiger partial charge on any atom is -0.393 e. The lowest BCUT2D eigenvalue weighted by Gasteiger charge is -2.27. The number of aliphatic hydroxyl groups excluding tert-OH is 1. The number of rotatable bonds is 5. The predicted octanol–water partition coefficient (Wildman–Crippen LogP) is 2.74. The van der Waals surface area contributed by atoms with Crippen molar-refractivity contribution >= 4 is 0 Å². The zero-order valence-corrected chi connectivity index (χ0v) is 9.54. The van der Waals surface area contributed by atoms with Gasteiger partial charge in [-0.15, -0.1) is 0 Å². The molecule has 84 valence electrons. The molecule has 1 aliphatic carbocycles. The van der Waals surface area contributed by atoms with Crippen molar-refractivity contribution in [1.82, 2.24) is 0 Å². The zero-order valence-electron chi connectivity index (χ0n) is 9.54. The molecule has 2 unspecified atom stereocenters. The molecular weight excluding hydrogens is 176 g/mol. The van der Waals surface area contributed by atoms with Gasteiger partial charge in [0.2, 0.25) is 0 Å². The number of methoxy groups -OCH3 is 1. The molecule has 0 radical (unpaired) electrons. The Morgan fingerprint density at radius 2 is 1.86 bits per heavy atom. The van der Waals surface area contributed by atoms with Crippen LogP contribution < -0.4 is 0 Å². The first-order valence-corrected chi connectivity index (χ1v) is 5.95. The third-order valence-electron chi connectivity index (χ3n) is 3.47. The van der Waals surface area contributed by atoms with E-state index < -0.39 is 0 Å². The quantitative estimate of drug-likeness (QED) is 0.739. The van der Waals surface area contributed by atoms with Crippen molar-refractivity contribution in [3.05, 3.63) is 0 Å². The minimum atomic E-state index is -0.0899. The average molecular weight is 200 g/mol.